The number of hydrogen-bond donors (Lipinski definition) is 2. The number of aryl methyl sites for hydroxylation is 1. The van der Waals surface area contributed by atoms with Gasteiger partial charge < -0.3 is 0 Å². The molecule has 0 unspecified atom stereocenters. The molecule has 1 aromatic heterocycles. The fourth-order valence-electron chi connectivity index (χ4n) is 2.27. The van der Waals surface area contributed by atoms with Crippen molar-refractivity contribution in [3.8, 4) is 5.69 Å². The molecule has 24 heavy (non-hydrogen) atoms. The minimum absolute atomic E-state index is 0.221. The lowest BCUT2D eigenvalue weighted by atomic mass is 10.3. The van der Waals surface area contributed by atoms with Crippen LogP contribution in [0.2, 0.25) is 5.02 Å². The number of para-hydroxylation sites is 1. The molecule has 2 aromatic carbocycles. The van der Waals surface area contributed by atoms with E-state index in [1.54, 1.807) is 24.3 Å². The van der Waals surface area contributed by atoms with Gasteiger partial charge >= 0.3 is 5.69 Å². The van der Waals surface area contributed by atoms with Gasteiger partial charge in [0.25, 0.3) is 0 Å². The zero-order valence-electron chi connectivity index (χ0n) is 13.0. The van der Waals surface area contributed by atoms with Crippen LogP contribution in [-0.2, 0) is 6.42 Å². The van der Waals surface area contributed by atoms with E-state index in [-0.39, 0.29) is 5.95 Å². The minimum atomic E-state index is -0.415. The fourth-order valence-corrected chi connectivity index (χ4v) is 2.45. The third-order valence-corrected chi connectivity index (χ3v) is 3.60. The number of halogens is 1. The molecule has 3 rings (SSSR count). The third-order valence-electron chi connectivity index (χ3n) is 3.36. The molecule has 0 aliphatic rings. The largest absolute Gasteiger partial charge is 0.356 e. The molecule has 122 valence electrons. The Morgan fingerprint density at radius 1 is 1.04 bits per heavy atom. The van der Waals surface area contributed by atoms with Crippen molar-refractivity contribution in [2.75, 3.05) is 10.9 Å². The van der Waals surface area contributed by atoms with Gasteiger partial charge in [0.15, 0.2) is 0 Å². The maximum Gasteiger partial charge on any atom is 0.356 e. The molecule has 0 fully saturated rings. The van der Waals surface area contributed by atoms with Crippen LogP contribution in [0, 0.1) is 0 Å². The van der Waals surface area contributed by atoms with Gasteiger partial charge in [0.05, 0.1) is 11.4 Å². The van der Waals surface area contributed by atoms with Gasteiger partial charge in [-0.1, -0.05) is 42.8 Å². The first-order valence-electron chi connectivity index (χ1n) is 7.50. The fraction of sp³-hybridized carbons (Fsp3) is 0.118. The topological polar surface area (TPSA) is 71.8 Å². The maximum absolute atomic E-state index is 12.4. The van der Waals surface area contributed by atoms with Crippen molar-refractivity contribution in [1.82, 2.24) is 14.5 Å². The molecule has 0 bridgehead atoms. The summed E-state index contributed by atoms with van der Waals surface area (Å²) in [4.78, 5) is 20.8. The van der Waals surface area contributed by atoms with E-state index in [0.717, 1.165) is 5.69 Å². The molecule has 0 spiro atoms. The summed E-state index contributed by atoms with van der Waals surface area (Å²) in [6, 6.07) is 16.5. The summed E-state index contributed by atoms with van der Waals surface area (Å²) in [7, 11) is 0. The van der Waals surface area contributed by atoms with E-state index in [2.05, 4.69) is 20.8 Å². The highest BCUT2D eigenvalue weighted by molar-refractivity contribution is 6.30. The van der Waals surface area contributed by atoms with Crippen molar-refractivity contribution in [3.05, 3.63) is 75.9 Å². The second-order valence-corrected chi connectivity index (χ2v) is 5.47. The predicted octanol–water partition coefficient (Wildman–Crippen LogP) is 3.28. The van der Waals surface area contributed by atoms with Crippen LogP contribution in [0.1, 0.15) is 12.7 Å². The summed E-state index contributed by atoms with van der Waals surface area (Å²) in [6.07, 6.45) is 0.574. The van der Waals surface area contributed by atoms with Gasteiger partial charge in [-0.15, -0.1) is 0 Å². The molecule has 0 saturated heterocycles. The number of hydrogen-bond acceptors (Lipinski definition) is 5. The molecule has 7 heteroatoms. The van der Waals surface area contributed by atoms with Crippen LogP contribution in [0.3, 0.4) is 0 Å². The van der Waals surface area contributed by atoms with E-state index < -0.39 is 5.69 Å². The molecular formula is C17H16ClN5O. The molecular weight excluding hydrogens is 326 g/mol. The Balaban J connectivity index is 1.92. The Hall–Kier alpha value is -2.86. The normalized spacial score (nSPS) is 10.4. The molecule has 0 aliphatic heterocycles. The molecule has 0 amide bonds. The molecule has 0 atom stereocenters. The van der Waals surface area contributed by atoms with E-state index in [9.17, 15) is 4.79 Å². The smallest absolute Gasteiger partial charge is 0.298 e. The summed E-state index contributed by atoms with van der Waals surface area (Å²) >= 11 is 6.01. The van der Waals surface area contributed by atoms with Crippen molar-refractivity contribution in [2.45, 2.75) is 13.3 Å². The van der Waals surface area contributed by atoms with Crippen LogP contribution in [-0.4, -0.2) is 14.5 Å². The van der Waals surface area contributed by atoms with Crippen molar-refractivity contribution < 1.29 is 0 Å². The third kappa shape index (κ3) is 3.55. The van der Waals surface area contributed by atoms with Crippen LogP contribution in [0.25, 0.3) is 5.69 Å². The standard InChI is InChI=1S/C17H16ClN5O/c1-2-15-19-16(22-21-13-8-4-3-5-9-13)20-17(24)23(15)14-10-6-7-12(18)11-14/h3-11,21H,2H2,1H3,(H,20,22,24). The van der Waals surface area contributed by atoms with Crippen LogP contribution in [0.5, 0.6) is 0 Å². The second kappa shape index (κ2) is 7.14. The van der Waals surface area contributed by atoms with E-state index in [4.69, 9.17) is 11.6 Å². The monoisotopic (exact) mass is 341 g/mol. The number of nitrogens with zero attached hydrogens (tertiary/aromatic N) is 3. The average molecular weight is 342 g/mol. The van der Waals surface area contributed by atoms with Gasteiger partial charge in [-0.25, -0.2) is 9.36 Å². The lowest BCUT2D eigenvalue weighted by Gasteiger charge is -2.13. The Bertz CT molecular complexity index is 895. The van der Waals surface area contributed by atoms with Crippen LogP contribution in [0.15, 0.2) is 59.4 Å². The zero-order chi connectivity index (χ0) is 16.9. The summed E-state index contributed by atoms with van der Waals surface area (Å²) < 4.78 is 1.46. The SMILES string of the molecule is CCc1nc(NNc2ccccc2)nc(=O)n1-c1cccc(Cl)c1. The van der Waals surface area contributed by atoms with Gasteiger partial charge in [-0.05, 0) is 30.3 Å². The highest BCUT2D eigenvalue weighted by Crippen LogP contribution is 2.15. The summed E-state index contributed by atoms with van der Waals surface area (Å²) in [5.74, 6) is 0.814. The zero-order valence-corrected chi connectivity index (χ0v) is 13.8. The van der Waals surface area contributed by atoms with Crippen molar-refractivity contribution >= 4 is 23.2 Å². The van der Waals surface area contributed by atoms with E-state index in [1.165, 1.54) is 4.57 Å². The highest BCUT2D eigenvalue weighted by Gasteiger charge is 2.11. The average Bonchev–Trinajstić information content (AvgIpc) is 2.60. The molecule has 1 heterocycles. The minimum Gasteiger partial charge on any atom is -0.298 e. The summed E-state index contributed by atoms with van der Waals surface area (Å²) in [5.41, 5.74) is 6.89. The van der Waals surface area contributed by atoms with Crippen molar-refractivity contribution in [3.63, 3.8) is 0 Å². The maximum atomic E-state index is 12.4. The lowest BCUT2D eigenvalue weighted by Crippen LogP contribution is -2.28. The number of rotatable bonds is 5. The molecule has 2 N–H and O–H groups in total. The molecule has 0 radical (unpaired) electrons. The first-order chi connectivity index (χ1) is 11.7. The van der Waals surface area contributed by atoms with Gasteiger partial charge in [-0.2, -0.15) is 9.97 Å². The van der Waals surface area contributed by atoms with E-state index >= 15 is 0 Å². The van der Waals surface area contributed by atoms with Gasteiger partial charge in [-0.3, -0.25) is 10.9 Å². The Labute approximate surface area is 144 Å². The second-order valence-electron chi connectivity index (χ2n) is 5.03. The van der Waals surface area contributed by atoms with Crippen molar-refractivity contribution in [2.24, 2.45) is 0 Å². The lowest BCUT2D eigenvalue weighted by molar-refractivity contribution is 0.772. The first-order valence-corrected chi connectivity index (χ1v) is 7.88. The van der Waals surface area contributed by atoms with Gasteiger partial charge in [0.1, 0.15) is 5.82 Å². The summed E-state index contributed by atoms with van der Waals surface area (Å²) in [5, 5.41) is 0.550. The van der Waals surface area contributed by atoms with Gasteiger partial charge in [0, 0.05) is 11.4 Å². The molecule has 3 aromatic rings. The molecule has 0 saturated carbocycles. The quantitative estimate of drug-likeness (QED) is 0.697. The van der Waals surface area contributed by atoms with E-state index in [1.807, 2.05) is 37.3 Å². The molecule has 6 nitrogen and oxygen atoms in total. The Morgan fingerprint density at radius 2 is 1.83 bits per heavy atom. The van der Waals surface area contributed by atoms with Crippen molar-refractivity contribution in [1.29, 1.82) is 0 Å². The number of aromatic nitrogens is 3. The van der Waals surface area contributed by atoms with Crippen LogP contribution in [0.4, 0.5) is 11.6 Å². The Morgan fingerprint density at radius 3 is 2.54 bits per heavy atom. The number of benzene rings is 2. The van der Waals surface area contributed by atoms with Crippen LogP contribution >= 0.6 is 11.6 Å². The number of nitrogens with one attached hydrogen (secondary N) is 2. The Kier molecular flexibility index (Phi) is 4.77. The number of anilines is 2. The van der Waals surface area contributed by atoms with Crippen LogP contribution < -0.4 is 16.5 Å². The number of hydrazine groups is 1. The first kappa shape index (κ1) is 16.0. The predicted molar refractivity (Wildman–Crippen MR) is 95.7 cm³/mol. The van der Waals surface area contributed by atoms with Gasteiger partial charge in [0.2, 0.25) is 5.95 Å². The van der Waals surface area contributed by atoms with E-state index in [0.29, 0.717) is 23.0 Å². The molecule has 0 aliphatic carbocycles. The summed E-state index contributed by atoms with van der Waals surface area (Å²) in [6.45, 7) is 1.93. The highest BCUT2D eigenvalue weighted by atomic mass is 35.5.